The average Bonchev–Trinajstić information content (AvgIpc) is 2.03. The topological polar surface area (TPSA) is 98.0 Å². The molecule has 0 aliphatic carbocycles. The molecule has 0 radical (unpaired) electrons. The molecule has 0 spiro atoms. The highest BCUT2D eigenvalue weighted by Gasteiger charge is 2.09. The fraction of sp³-hybridized carbons (Fsp3) is 0.875. The highest BCUT2D eigenvalue weighted by atomic mass is 32.1. The van der Waals surface area contributed by atoms with Gasteiger partial charge in [-0.05, 0) is 19.3 Å². The van der Waals surface area contributed by atoms with Crippen molar-refractivity contribution < 1.29 is 25.2 Å². The first-order valence-electron chi connectivity index (χ1n) is 4.26. The molecule has 0 aliphatic heterocycles. The number of aliphatic hydroxyl groups excluding tert-OH is 3. The summed E-state index contributed by atoms with van der Waals surface area (Å²) in [7, 11) is 0. The van der Waals surface area contributed by atoms with Gasteiger partial charge in [0.05, 0.1) is 6.10 Å². The molecule has 86 valence electrons. The van der Waals surface area contributed by atoms with Crippen LogP contribution in [-0.2, 0) is 4.79 Å². The minimum Gasteiger partial charge on any atom is -0.481 e. The Bertz CT molecular complexity index is 136. The van der Waals surface area contributed by atoms with Crippen molar-refractivity contribution in [3.63, 3.8) is 0 Å². The van der Waals surface area contributed by atoms with E-state index < -0.39 is 17.5 Å². The van der Waals surface area contributed by atoms with E-state index in [2.05, 4.69) is 12.6 Å². The molecular formula is C8H18O5S. The molecule has 0 aromatic rings. The van der Waals surface area contributed by atoms with E-state index in [1.165, 1.54) is 0 Å². The van der Waals surface area contributed by atoms with Gasteiger partial charge in [0.2, 0.25) is 0 Å². The van der Waals surface area contributed by atoms with E-state index in [9.17, 15) is 0 Å². The normalized spacial score (nSPS) is 13.8. The Labute approximate surface area is 88.8 Å². The van der Waals surface area contributed by atoms with Crippen molar-refractivity contribution in [1.82, 2.24) is 0 Å². The van der Waals surface area contributed by atoms with Gasteiger partial charge >= 0.3 is 0 Å². The third-order valence-corrected chi connectivity index (χ3v) is 1.60. The number of carboxylic acids is 1. The summed E-state index contributed by atoms with van der Waals surface area (Å²) in [6, 6.07) is 0. The molecule has 0 aromatic carbocycles. The lowest BCUT2D eigenvalue weighted by molar-refractivity contribution is -0.134. The van der Waals surface area contributed by atoms with Crippen LogP contribution in [-0.4, -0.2) is 44.5 Å². The Kier molecular flexibility index (Phi) is 12.4. The summed E-state index contributed by atoms with van der Waals surface area (Å²) < 4.78 is 0. The lowest BCUT2D eigenvalue weighted by atomic mass is 10.2. The zero-order valence-corrected chi connectivity index (χ0v) is 9.02. The van der Waals surface area contributed by atoms with Crippen LogP contribution in [0.4, 0.5) is 0 Å². The monoisotopic (exact) mass is 226 g/mol. The number of thiol groups is 1. The number of aliphatic carboxylic acids is 1. The van der Waals surface area contributed by atoms with E-state index >= 15 is 0 Å². The number of rotatable bonds is 5. The molecule has 0 saturated carbocycles. The summed E-state index contributed by atoms with van der Waals surface area (Å²) in [5, 5.41) is 33.4. The minimum absolute atomic E-state index is 0.134. The van der Waals surface area contributed by atoms with E-state index in [-0.39, 0.29) is 6.61 Å². The van der Waals surface area contributed by atoms with Crippen molar-refractivity contribution in [3.8, 4) is 0 Å². The highest BCUT2D eigenvalue weighted by molar-refractivity contribution is 7.80. The summed E-state index contributed by atoms with van der Waals surface area (Å²) >= 11 is 3.64. The smallest absolute Gasteiger partial charge is 0.300 e. The first-order valence-corrected chi connectivity index (χ1v) is 4.78. The van der Waals surface area contributed by atoms with Gasteiger partial charge in [0, 0.05) is 13.5 Å². The van der Waals surface area contributed by atoms with Crippen LogP contribution in [0.25, 0.3) is 0 Å². The van der Waals surface area contributed by atoms with Gasteiger partial charge in [-0.15, -0.1) is 12.6 Å². The number of aliphatic hydroxyl groups is 3. The van der Waals surface area contributed by atoms with Crippen LogP contribution in [0.1, 0.15) is 26.2 Å². The quantitative estimate of drug-likeness (QED) is 0.255. The number of carbonyl (C=O) groups is 1. The van der Waals surface area contributed by atoms with Crippen molar-refractivity contribution >= 4 is 18.6 Å². The van der Waals surface area contributed by atoms with Crippen LogP contribution in [0.5, 0.6) is 0 Å². The summed E-state index contributed by atoms with van der Waals surface area (Å²) in [6.07, 6.45) is 1.10. The predicted octanol–water partition coefficient (Wildman–Crippen LogP) is -0.151. The number of hydrogen-bond acceptors (Lipinski definition) is 5. The van der Waals surface area contributed by atoms with E-state index in [1.54, 1.807) is 0 Å². The van der Waals surface area contributed by atoms with Crippen molar-refractivity contribution in [2.24, 2.45) is 0 Å². The van der Waals surface area contributed by atoms with Crippen molar-refractivity contribution in [3.05, 3.63) is 0 Å². The molecule has 0 bridgehead atoms. The van der Waals surface area contributed by atoms with E-state index in [0.29, 0.717) is 12.8 Å². The average molecular weight is 226 g/mol. The second-order valence-electron chi connectivity index (χ2n) is 2.72. The Hall–Kier alpha value is -0.300. The van der Waals surface area contributed by atoms with E-state index in [1.807, 2.05) is 0 Å². The largest absolute Gasteiger partial charge is 0.481 e. The third-order valence-electron chi connectivity index (χ3n) is 1.25. The fourth-order valence-electron chi connectivity index (χ4n) is 0.614. The summed E-state index contributed by atoms with van der Waals surface area (Å²) in [6.45, 7) is 1.22. The molecule has 2 unspecified atom stereocenters. The number of hydrogen-bond donors (Lipinski definition) is 5. The molecule has 0 heterocycles. The maximum Gasteiger partial charge on any atom is 0.300 e. The van der Waals surface area contributed by atoms with Crippen molar-refractivity contribution in [2.75, 3.05) is 6.61 Å². The molecule has 4 N–H and O–H groups in total. The third kappa shape index (κ3) is 17.7. The van der Waals surface area contributed by atoms with Crippen LogP contribution >= 0.6 is 12.6 Å². The lowest BCUT2D eigenvalue weighted by Gasteiger charge is -2.11. The van der Waals surface area contributed by atoms with Gasteiger partial charge in [-0.1, -0.05) is 0 Å². The maximum atomic E-state index is 9.00. The fourth-order valence-corrected chi connectivity index (χ4v) is 0.763. The summed E-state index contributed by atoms with van der Waals surface area (Å²) in [5.41, 5.74) is -0.960. The summed E-state index contributed by atoms with van der Waals surface area (Å²) in [5.74, 6) is -0.833. The molecule has 0 aliphatic rings. The highest BCUT2D eigenvalue weighted by Crippen LogP contribution is 2.06. The zero-order chi connectivity index (χ0) is 11.6. The van der Waals surface area contributed by atoms with Gasteiger partial charge < -0.3 is 20.4 Å². The molecule has 0 aromatic heterocycles. The van der Waals surface area contributed by atoms with Gasteiger partial charge in [0.1, 0.15) is 5.44 Å². The molecular weight excluding hydrogens is 208 g/mol. The second kappa shape index (κ2) is 10.8. The first-order chi connectivity index (χ1) is 6.41. The molecule has 0 saturated heterocycles. The zero-order valence-electron chi connectivity index (χ0n) is 8.13. The molecule has 0 amide bonds. The Morgan fingerprint density at radius 3 is 2.07 bits per heavy atom. The van der Waals surface area contributed by atoms with E-state index in [4.69, 9.17) is 25.2 Å². The van der Waals surface area contributed by atoms with Crippen LogP contribution in [0.3, 0.4) is 0 Å². The molecule has 5 nitrogen and oxygen atoms in total. The van der Waals surface area contributed by atoms with Gasteiger partial charge in [0.25, 0.3) is 5.97 Å². The van der Waals surface area contributed by atoms with Gasteiger partial charge in [-0.3, -0.25) is 4.79 Å². The van der Waals surface area contributed by atoms with Gasteiger partial charge in [0.15, 0.2) is 0 Å². The van der Waals surface area contributed by atoms with Gasteiger partial charge in [-0.2, -0.15) is 0 Å². The first kappa shape index (κ1) is 16.1. The molecule has 14 heavy (non-hydrogen) atoms. The standard InChI is InChI=1S/C6H14O3S.C2H4O2/c7-4-2-1-3-5(8)6(9)10;1-2(3)4/h5-10H,1-4H2;1H3,(H,3,4). The van der Waals surface area contributed by atoms with Crippen LogP contribution in [0.15, 0.2) is 0 Å². The van der Waals surface area contributed by atoms with Crippen molar-refractivity contribution in [1.29, 1.82) is 0 Å². The Morgan fingerprint density at radius 2 is 1.79 bits per heavy atom. The van der Waals surface area contributed by atoms with Crippen LogP contribution in [0.2, 0.25) is 0 Å². The molecule has 6 heteroatoms. The molecule has 2 atom stereocenters. The Morgan fingerprint density at radius 1 is 1.36 bits per heavy atom. The van der Waals surface area contributed by atoms with Crippen molar-refractivity contribution in [2.45, 2.75) is 37.7 Å². The van der Waals surface area contributed by atoms with Crippen LogP contribution < -0.4 is 0 Å². The predicted molar refractivity (Wildman–Crippen MR) is 55.2 cm³/mol. The SMILES string of the molecule is CC(=O)O.OCCCCC(O)C(O)S. The maximum absolute atomic E-state index is 9.00. The van der Waals surface area contributed by atoms with Gasteiger partial charge in [-0.25, -0.2) is 0 Å². The number of carboxylic acid groups (broad SMARTS) is 1. The second-order valence-corrected chi connectivity index (χ2v) is 3.25. The number of unbranched alkanes of at least 4 members (excludes halogenated alkanes) is 1. The van der Waals surface area contributed by atoms with Crippen LogP contribution in [0, 0.1) is 0 Å². The molecule has 0 rings (SSSR count). The Balaban J connectivity index is 0. The molecule has 0 fully saturated rings. The lowest BCUT2D eigenvalue weighted by Crippen LogP contribution is -2.19. The van der Waals surface area contributed by atoms with E-state index in [0.717, 1.165) is 13.3 Å². The minimum atomic E-state index is -0.960. The summed E-state index contributed by atoms with van der Waals surface area (Å²) in [4.78, 5) is 9.00.